The molecule has 2 aromatic rings. The van der Waals surface area contributed by atoms with Gasteiger partial charge in [-0.15, -0.1) is 0 Å². The van der Waals surface area contributed by atoms with E-state index >= 15 is 0 Å². The van der Waals surface area contributed by atoms with Gasteiger partial charge in [0.1, 0.15) is 12.4 Å². The lowest BCUT2D eigenvalue weighted by molar-refractivity contribution is -0.137. The Balaban J connectivity index is 1.74. The summed E-state index contributed by atoms with van der Waals surface area (Å²) in [5.41, 5.74) is 1.08. The van der Waals surface area contributed by atoms with E-state index in [1.165, 1.54) is 12.1 Å². The van der Waals surface area contributed by atoms with Crippen LogP contribution in [-0.2, 0) is 11.6 Å². The second-order valence-corrected chi connectivity index (χ2v) is 7.30. The third-order valence-corrected chi connectivity index (χ3v) is 3.94. The van der Waals surface area contributed by atoms with Crippen LogP contribution in [0.15, 0.2) is 48.5 Å². The van der Waals surface area contributed by atoms with Crippen molar-refractivity contribution in [3.8, 4) is 17.6 Å². The molecule has 0 saturated carbocycles. The highest BCUT2D eigenvalue weighted by atomic mass is 19.4. The van der Waals surface area contributed by atoms with E-state index in [1.54, 1.807) is 0 Å². The molecule has 29 heavy (non-hydrogen) atoms. The fraction of sp³-hybridized carbons (Fsp3) is 0.318. The molecule has 2 amide bonds. The Hall–Kier alpha value is -3.14. The summed E-state index contributed by atoms with van der Waals surface area (Å²) >= 11 is 0. The van der Waals surface area contributed by atoms with E-state index in [0.717, 1.165) is 17.7 Å². The zero-order chi connectivity index (χ0) is 21.5. The lowest BCUT2D eigenvalue weighted by Gasteiger charge is -2.19. The molecule has 0 heterocycles. The van der Waals surface area contributed by atoms with Crippen molar-refractivity contribution in [2.45, 2.75) is 32.4 Å². The van der Waals surface area contributed by atoms with Gasteiger partial charge < -0.3 is 15.4 Å². The normalized spacial score (nSPS) is 11.2. The van der Waals surface area contributed by atoms with Gasteiger partial charge >= 0.3 is 12.2 Å². The molecule has 4 nitrogen and oxygen atoms in total. The first-order valence-electron chi connectivity index (χ1n) is 8.97. The van der Waals surface area contributed by atoms with Gasteiger partial charge in [0.2, 0.25) is 0 Å². The summed E-state index contributed by atoms with van der Waals surface area (Å²) in [6.07, 6.45) is -4.42. The molecule has 0 saturated heterocycles. The van der Waals surface area contributed by atoms with Gasteiger partial charge in [0.05, 0.1) is 12.1 Å². The molecule has 0 bridgehead atoms. The number of halogens is 3. The molecule has 2 N–H and O–H groups in total. The summed E-state index contributed by atoms with van der Waals surface area (Å²) in [6.45, 7) is 6.32. The zero-order valence-corrected chi connectivity index (χ0v) is 16.5. The fourth-order valence-electron chi connectivity index (χ4n) is 2.35. The summed E-state index contributed by atoms with van der Waals surface area (Å²) in [7, 11) is 0. The number of hydrogen-bond donors (Lipinski definition) is 2. The van der Waals surface area contributed by atoms with Crippen LogP contribution in [0.4, 0.5) is 23.7 Å². The minimum atomic E-state index is -4.42. The van der Waals surface area contributed by atoms with Gasteiger partial charge in [0.25, 0.3) is 0 Å². The monoisotopic (exact) mass is 404 g/mol. The molecule has 0 aliphatic carbocycles. The molecule has 0 unspecified atom stereocenters. The first-order chi connectivity index (χ1) is 13.6. The van der Waals surface area contributed by atoms with Gasteiger partial charge in [-0.25, -0.2) is 4.79 Å². The van der Waals surface area contributed by atoms with Crippen LogP contribution >= 0.6 is 0 Å². The lowest BCUT2D eigenvalue weighted by atomic mass is 9.87. The molecule has 2 rings (SSSR count). The first kappa shape index (κ1) is 22.2. The van der Waals surface area contributed by atoms with E-state index in [1.807, 2.05) is 24.3 Å². The molecule has 0 aromatic heterocycles. The number of ether oxygens (including phenoxy) is 1. The van der Waals surface area contributed by atoms with Crippen molar-refractivity contribution in [1.82, 2.24) is 5.32 Å². The van der Waals surface area contributed by atoms with Crippen LogP contribution in [0, 0.1) is 11.8 Å². The van der Waals surface area contributed by atoms with Gasteiger partial charge in [0, 0.05) is 5.69 Å². The van der Waals surface area contributed by atoms with E-state index < -0.39 is 17.8 Å². The number of amides is 2. The number of alkyl halides is 3. The van der Waals surface area contributed by atoms with Gasteiger partial charge in [-0.1, -0.05) is 50.8 Å². The summed E-state index contributed by atoms with van der Waals surface area (Å²) in [5.74, 6) is 5.40. The number of nitrogens with one attached hydrogen (secondary N) is 2. The molecule has 0 spiro atoms. The topological polar surface area (TPSA) is 50.4 Å². The average Bonchev–Trinajstić information content (AvgIpc) is 2.64. The Labute approximate surface area is 168 Å². The van der Waals surface area contributed by atoms with Crippen LogP contribution in [0.3, 0.4) is 0 Å². The second kappa shape index (κ2) is 9.37. The van der Waals surface area contributed by atoms with Crippen LogP contribution < -0.4 is 15.4 Å². The van der Waals surface area contributed by atoms with Crippen molar-refractivity contribution in [1.29, 1.82) is 0 Å². The van der Waals surface area contributed by atoms with E-state index in [2.05, 4.69) is 43.2 Å². The van der Waals surface area contributed by atoms with Gasteiger partial charge in [-0.2, -0.15) is 13.2 Å². The SMILES string of the molecule is CC(C)(C)c1ccc(NC(=O)NCC#CCOc2cccc(C(F)(F)F)c2)cc1. The Morgan fingerprint density at radius 1 is 1.00 bits per heavy atom. The Morgan fingerprint density at radius 3 is 2.31 bits per heavy atom. The minimum Gasteiger partial charge on any atom is -0.481 e. The van der Waals surface area contributed by atoms with Crippen molar-refractivity contribution in [2.75, 3.05) is 18.5 Å². The number of hydrogen-bond acceptors (Lipinski definition) is 2. The van der Waals surface area contributed by atoms with Crippen LogP contribution in [0.2, 0.25) is 0 Å². The van der Waals surface area contributed by atoms with Crippen molar-refractivity contribution < 1.29 is 22.7 Å². The van der Waals surface area contributed by atoms with Crippen molar-refractivity contribution in [3.63, 3.8) is 0 Å². The number of anilines is 1. The molecular weight excluding hydrogens is 381 g/mol. The predicted molar refractivity (Wildman–Crippen MR) is 107 cm³/mol. The smallest absolute Gasteiger partial charge is 0.416 e. The predicted octanol–water partition coefficient (Wildman–Crippen LogP) is 5.21. The van der Waals surface area contributed by atoms with Gasteiger partial charge in [0.15, 0.2) is 0 Å². The van der Waals surface area contributed by atoms with E-state index in [9.17, 15) is 18.0 Å². The first-order valence-corrected chi connectivity index (χ1v) is 8.97. The molecule has 154 valence electrons. The molecule has 0 radical (unpaired) electrons. The van der Waals surface area contributed by atoms with E-state index in [0.29, 0.717) is 5.69 Å². The maximum Gasteiger partial charge on any atom is 0.416 e. The lowest BCUT2D eigenvalue weighted by Crippen LogP contribution is -2.29. The van der Waals surface area contributed by atoms with E-state index in [4.69, 9.17) is 4.74 Å². The van der Waals surface area contributed by atoms with Crippen LogP contribution in [0.1, 0.15) is 31.9 Å². The molecule has 2 aromatic carbocycles. The standard InChI is InChI=1S/C22H23F3N2O2/c1-21(2,3)16-9-11-18(12-10-16)27-20(28)26-13-4-5-14-29-19-8-6-7-17(15-19)22(23,24)25/h6-12,15H,13-14H2,1-3H3,(H2,26,27,28). The third-order valence-electron chi connectivity index (χ3n) is 3.94. The zero-order valence-electron chi connectivity index (χ0n) is 16.5. The van der Waals surface area contributed by atoms with Crippen LogP contribution in [-0.4, -0.2) is 19.2 Å². The maximum atomic E-state index is 12.6. The number of carbonyl (C=O) groups is 1. The number of benzene rings is 2. The summed E-state index contributed by atoms with van der Waals surface area (Å²) in [4.78, 5) is 11.9. The summed E-state index contributed by atoms with van der Waals surface area (Å²) in [6, 6.07) is 11.8. The van der Waals surface area contributed by atoms with E-state index in [-0.39, 0.29) is 24.3 Å². The van der Waals surface area contributed by atoms with Crippen LogP contribution in [0.25, 0.3) is 0 Å². The summed E-state index contributed by atoms with van der Waals surface area (Å²) < 4.78 is 43.1. The van der Waals surface area contributed by atoms with Crippen molar-refractivity contribution in [3.05, 3.63) is 59.7 Å². The molecule has 0 fully saturated rings. The van der Waals surface area contributed by atoms with Crippen LogP contribution in [0.5, 0.6) is 5.75 Å². The van der Waals surface area contributed by atoms with Crippen molar-refractivity contribution in [2.24, 2.45) is 0 Å². The summed E-state index contributed by atoms with van der Waals surface area (Å²) in [5, 5.41) is 5.28. The largest absolute Gasteiger partial charge is 0.481 e. The molecule has 7 heteroatoms. The Kier molecular flexibility index (Phi) is 7.16. The second-order valence-electron chi connectivity index (χ2n) is 7.30. The number of rotatable bonds is 4. The molecule has 0 atom stereocenters. The number of urea groups is 1. The highest BCUT2D eigenvalue weighted by Gasteiger charge is 2.30. The average molecular weight is 404 g/mol. The molecular formula is C22H23F3N2O2. The fourth-order valence-corrected chi connectivity index (χ4v) is 2.35. The van der Waals surface area contributed by atoms with Crippen molar-refractivity contribution >= 4 is 11.7 Å². The van der Waals surface area contributed by atoms with Gasteiger partial charge in [-0.05, 0) is 41.3 Å². The highest BCUT2D eigenvalue weighted by molar-refractivity contribution is 5.89. The Morgan fingerprint density at radius 2 is 1.69 bits per heavy atom. The molecule has 0 aliphatic rings. The number of carbonyl (C=O) groups excluding carboxylic acids is 1. The quantitative estimate of drug-likeness (QED) is 0.688. The third kappa shape index (κ3) is 7.41. The van der Waals surface area contributed by atoms with Gasteiger partial charge in [-0.3, -0.25) is 0 Å². The highest BCUT2D eigenvalue weighted by Crippen LogP contribution is 2.31. The minimum absolute atomic E-state index is 0.0342. The maximum absolute atomic E-state index is 12.6. The Bertz CT molecular complexity index is 889. The molecule has 0 aliphatic heterocycles.